The van der Waals surface area contributed by atoms with Crippen molar-refractivity contribution in [3.8, 4) is 0 Å². The molecule has 3 aromatic rings. The van der Waals surface area contributed by atoms with Crippen molar-refractivity contribution >= 4 is 51.1 Å². The Labute approximate surface area is 176 Å². The minimum Gasteiger partial charge on any atom is -0.346 e. The highest BCUT2D eigenvalue weighted by Gasteiger charge is 2.17. The summed E-state index contributed by atoms with van der Waals surface area (Å²) in [5, 5.41) is 9.71. The van der Waals surface area contributed by atoms with Crippen LogP contribution in [0.5, 0.6) is 0 Å². The third kappa shape index (κ3) is 4.79. The summed E-state index contributed by atoms with van der Waals surface area (Å²) >= 11 is 8.90. The monoisotopic (exact) mass is 433 g/mol. The van der Waals surface area contributed by atoms with Gasteiger partial charge in [0.2, 0.25) is 0 Å². The van der Waals surface area contributed by atoms with E-state index in [1.54, 1.807) is 41.7 Å². The number of anilines is 1. The second kappa shape index (κ2) is 8.86. The quantitative estimate of drug-likeness (QED) is 0.541. The van der Waals surface area contributed by atoms with Gasteiger partial charge >= 0.3 is 0 Å². The van der Waals surface area contributed by atoms with Crippen molar-refractivity contribution in [3.63, 3.8) is 0 Å². The summed E-state index contributed by atoms with van der Waals surface area (Å²) in [6.45, 7) is 6.40. The van der Waals surface area contributed by atoms with E-state index in [1.807, 2.05) is 12.3 Å². The largest absolute Gasteiger partial charge is 0.346 e. The minimum atomic E-state index is -0.303. The highest BCUT2D eigenvalue weighted by molar-refractivity contribution is 7.18. The third-order valence-corrected chi connectivity index (χ3v) is 6.65. The maximum atomic E-state index is 12.5. The Hall–Kier alpha value is -2.22. The molecule has 0 bridgehead atoms. The number of halogens is 1. The Bertz CT molecular complexity index is 1010. The van der Waals surface area contributed by atoms with Gasteiger partial charge in [-0.3, -0.25) is 9.59 Å². The van der Waals surface area contributed by atoms with Crippen LogP contribution in [0.2, 0.25) is 5.02 Å². The van der Waals surface area contributed by atoms with E-state index >= 15 is 0 Å². The van der Waals surface area contributed by atoms with Gasteiger partial charge in [-0.25, -0.2) is 4.98 Å². The van der Waals surface area contributed by atoms with E-state index in [9.17, 15) is 9.59 Å². The number of aryl methyl sites for hydroxylation is 1. The topological polar surface area (TPSA) is 71.1 Å². The van der Waals surface area contributed by atoms with Gasteiger partial charge in [0, 0.05) is 11.3 Å². The van der Waals surface area contributed by atoms with Crippen LogP contribution in [-0.4, -0.2) is 16.8 Å². The van der Waals surface area contributed by atoms with Gasteiger partial charge in [-0.2, -0.15) is 0 Å². The van der Waals surface area contributed by atoms with E-state index in [1.165, 1.54) is 11.3 Å². The molecule has 2 N–H and O–H groups in total. The van der Waals surface area contributed by atoms with E-state index in [2.05, 4.69) is 29.5 Å². The van der Waals surface area contributed by atoms with Crippen LogP contribution in [0.25, 0.3) is 0 Å². The summed E-state index contributed by atoms with van der Waals surface area (Å²) in [4.78, 5) is 30.0. The van der Waals surface area contributed by atoms with Gasteiger partial charge in [0.15, 0.2) is 0 Å². The maximum absolute atomic E-state index is 12.5. The Kier molecular flexibility index (Phi) is 6.49. The van der Waals surface area contributed by atoms with Crippen molar-refractivity contribution in [3.05, 3.63) is 67.4 Å². The highest BCUT2D eigenvalue weighted by Crippen LogP contribution is 2.28. The predicted octanol–water partition coefficient (Wildman–Crippen LogP) is 5.47. The lowest BCUT2D eigenvalue weighted by Gasteiger charge is -2.04. The molecule has 2 heterocycles. The van der Waals surface area contributed by atoms with E-state index in [4.69, 9.17) is 11.6 Å². The Morgan fingerprint density at radius 1 is 1.21 bits per heavy atom. The highest BCUT2D eigenvalue weighted by atomic mass is 35.5. The first-order chi connectivity index (χ1) is 13.3. The van der Waals surface area contributed by atoms with Crippen molar-refractivity contribution in [2.24, 2.45) is 0 Å². The summed E-state index contributed by atoms with van der Waals surface area (Å²) in [5.41, 5.74) is 2.05. The number of nitrogens with one attached hydrogen (secondary N) is 2. The fourth-order valence-electron chi connectivity index (χ4n) is 2.51. The standard InChI is InChI=1S/C20H20ClN3O2S2/c1-11(2)20-23-13(10-27-20)9-22-19(26)17-12(3)8-16(28-17)24-18(25)14-6-4-5-7-15(14)21/h4-8,10-11H,9H2,1-3H3,(H,22,26)(H,24,25). The van der Waals surface area contributed by atoms with Gasteiger partial charge in [-0.05, 0) is 30.7 Å². The Balaban J connectivity index is 1.65. The average Bonchev–Trinajstić information content (AvgIpc) is 3.27. The number of benzene rings is 1. The molecule has 5 nitrogen and oxygen atoms in total. The smallest absolute Gasteiger partial charge is 0.262 e. The number of thiazole rings is 1. The summed E-state index contributed by atoms with van der Waals surface area (Å²) in [5.74, 6) is -0.111. The maximum Gasteiger partial charge on any atom is 0.262 e. The second-order valence-electron chi connectivity index (χ2n) is 6.57. The number of nitrogens with zero attached hydrogens (tertiary/aromatic N) is 1. The van der Waals surface area contributed by atoms with Crippen LogP contribution >= 0.6 is 34.3 Å². The van der Waals surface area contributed by atoms with Crippen molar-refractivity contribution in [1.82, 2.24) is 10.3 Å². The lowest BCUT2D eigenvalue weighted by molar-refractivity contribution is 0.0953. The Morgan fingerprint density at radius 2 is 1.96 bits per heavy atom. The zero-order valence-electron chi connectivity index (χ0n) is 15.7. The number of amides is 2. The predicted molar refractivity (Wildman–Crippen MR) is 116 cm³/mol. The van der Waals surface area contributed by atoms with Crippen LogP contribution in [-0.2, 0) is 6.54 Å². The van der Waals surface area contributed by atoms with Crippen LogP contribution in [0.1, 0.15) is 56.1 Å². The van der Waals surface area contributed by atoms with E-state index in [-0.39, 0.29) is 11.8 Å². The average molecular weight is 434 g/mol. The zero-order chi connectivity index (χ0) is 20.3. The summed E-state index contributed by atoms with van der Waals surface area (Å²) in [7, 11) is 0. The summed E-state index contributed by atoms with van der Waals surface area (Å²) in [6, 6.07) is 8.63. The number of carbonyl (C=O) groups is 2. The third-order valence-electron chi connectivity index (χ3n) is 3.97. The van der Waals surface area contributed by atoms with Gasteiger partial charge in [0.25, 0.3) is 11.8 Å². The van der Waals surface area contributed by atoms with E-state index < -0.39 is 0 Å². The number of carbonyl (C=O) groups excluding carboxylic acids is 2. The molecule has 2 amide bonds. The van der Waals surface area contributed by atoms with Crippen LogP contribution in [0, 0.1) is 6.92 Å². The van der Waals surface area contributed by atoms with E-state index in [0.29, 0.717) is 32.9 Å². The minimum absolute atomic E-state index is 0.181. The van der Waals surface area contributed by atoms with Gasteiger partial charge in [0.1, 0.15) is 0 Å². The molecule has 28 heavy (non-hydrogen) atoms. The fraction of sp³-hybridized carbons (Fsp3) is 0.250. The molecule has 0 aliphatic heterocycles. The molecule has 146 valence electrons. The zero-order valence-corrected chi connectivity index (χ0v) is 18.1. The fourth-order valence-corrected chi connectivity index (χ4v) is 4.55. The molecular weight excluding hydrogens is 414 g/mol. The second-order valence-corrected chi connectivity index (χ2v) is 8.92. The van der Waals surface area contributed by atoms with Gasteiger partial charge in [0.05, 0.1) is 37.7 Å². The van der Waals surface area contributed by atoms with Crippen molar-refractivity contribution < 1.29 is 9.59 Å². The van der Waals surface area contributed by atoms with Crippen LogP contribution in [0.15, 0.2) is 35.7 Å². The van der Waals surface area contributed by atoms with Crippen LogP contribution < -0.4 is 10.6 Å². The lowest BCUT2D eigenvalue weighted by Crippen LogP contribution is -2.22. The van der Waals surface area contributed by atoms with Crippen LogP contribution in [0.3, 0.4) is 0 Å². The number of hydrogen-bond acceptors (Lipinski definition) is 5. The molecule has 0 unspecified atom stereocenters. The molecular formula is C20H20ClN3O2S2. The molecule has 3 rings (SSSR count). The van der Waals surface area contributed by atoms with Gasteiger partial charge < -0.3 is 10.6 Å². The summed E-state index contributed by atoms with van der Waals surface area (Å²) < 4.78 is 0. The Morgan fingerprint density at radius 3 is 2.64 bits per heavy atom. The normalized spacial score (nSPS) is 10.9. The van der Waals surface area contributed by atoms with Gasteiger partial charge in [-0.1, -0.05) is 37.6 Å². The molecule has 0 aliphatic rings. The van der Waals surface area contributed by atoms with Crippen molar-refractivity contribution in [2.45, 2.75) is 33.2 Å². The lowest BCUT2D eigenvalue weighted by atomic mass is 10.2. The van der Waals surface area contributed by atoms with Crippen LogP contribution in [0.4, 0.5) is 5.00 Å². The summed E-state index contributed by atoms with van der Waals surface area (Å²) in [6.07, 6.45) is 0. The van der Waals surface area contributed by atoms with Crippen molar-refractivity contribution in [1.29, 1.82) is 0 Å². The number of rotatable bonds is 6. The first-order valence-corrected chi connectivity index (χ1v) is 10.8. The molecule has 0 radical (unpaired) electrons. The molecule has 0 fully saturated rings. The van der Waals surface area contributed by atoms with Gasteiger partial charge in [-0.15, -0.1) is 22.7 Å². The number of hydrogen-bond donors (Lipinski definition) is 2. The van der Waals surface area contributed by atoms with E-state index in [0.717, 1.165) is 16.3 Å². The molecule has 0 aliphatic carbocycles. The van der Waals surface area contributed by atoms with Crippen molar-refractivity contribution in [2.75, 3.05) is 5.32 Å². The first kappa shape index (κ1) is 20.5. The molecule has 1 aromatic carbocycles. The number of thiophene rings is 1. The molecule has 0 saturated carbocycles. The molecule has 0 spiro atoms. The SMILES string of the molecule is Cc1cc(NC(=O)c2ccccc2Cl)sc1C(=O)NCc1csc(C(C)C)n1. The molecule has 0 atom stereocenters. The molecule has 8 heteroatoms. The molecule has 2 aromatic heterocycles. The molecule has 0 saturated heterocycles. The number of aromatic nitrogens is 1. The first-order valence-electron chi connectivity index (χ1n) is 8.74.